The third-order valence-corrected chi connectivity index (χ3v) is 3.79. The van der Waals surface area contributed by atoms with Crippen LogP contribution in [0.25, 0.3) is 11.1 Å². The minimum atomic E-state index is -0.746. The lowest BCUT2D eigenvalue weighted by atomic mass is 9.89. The molecule has 110 valence electrons. The molecule has 0 bridgehead atoms. The van der Waals surface area contributed by atoms with E-state index in [0.29, 0.717) is 12.3 Å². The number of carbonyl (C=O) groups is 1. The van der Waals surface area contributed by atoms with Crippen molar-refractivity contribution in [3.63, 3.8) is 0 Å². The highest BCUT2D eigenvalue weighted by molar-refractivity contribution is 5.71. The van der Waals surface area contributed by atoms with Gasteiger partial charge in [0.15, 0.2) is 0 Å². The Labute approximate surface area is 126 Å². The predicted molar refractivity (Wildman–Crippen MR) is 86.5 cm³/mol. The lowest BCUT2D eigenvalue weighted by molar-refractivity contribution is -0.141. The summed E-state index contributed by atoms with van der Waals surface area (Å²) in [6.45, 7) is 6.11. The first-order valence-electron chi connectivity index (χ1n) is 7.40. The first-order valence-corrected chi connectivity index (χ1v) is 7.40. The third-order valence-electron chi connectivity index (χ3n) is 3.79. The van der Waals surface area contributed by atoms with Crippen molar-refractivity contribution in [2.45, 2.75) is 33.1 Å². The molecule has 2 nitrogen and oxygen atoms in total. The van der Waals surface area contributed by atoms with Crippen LogP contribution in [0.2, 0.25) is 0 Å². The molecule has 0 radical (unpaired) electrons. The van der Waals surface area contributed by atoms with Crippen LogP contribution >= 0.6 is 0 Å². The minimum absolute atomic E-state index is 0.362. The lowest BCUT2D eigenvalue weighted by Crippen LogP contribution is -2.12. The zero-order valence-electron chi connectivity index (χ0n) is 12.8. The molecule has 0 aromatic heterocycles. The summed E-state index contributed by atoms with van der Waals surface area (Å²) in [5.74, 6) is -0.672. The van der Waals surface area contributed by atoms with Crippen LogP contribution in [-0.2, 0) is 11.2 Å². The molecule has 1 N–H and O–H groups in total. The number of hydrogen-bond donors (Lipinski definition) is 1. The topological polar surface area (TPSA) is 37.3 Å². The minimum Gasteiger partial charge on any atom is -0.481 e. The zero-order valence-corrected chi connectivity index (χ0v) is 12.8. The van der Waals surface area contributed by atoms with E-state index in [0.717, 1.165) is 5.56 Å². The summed E-state index contributed by atoms with van der Waals surface area (Å²) in [4.78, 5) is 11.0. The Morgan fingerprint density at radius 1 is 1.05 bits per heavy atom. The molecular formula is C19H22O2. The average molecular weight is 282 g/mol. The average Bonchev–Trinajstić information content (AvgIpc) is 2.47. The number of hydrogen-bond acceptors (Lipinski definition) is 1. The smallest absolute Gasteiger partial charge is 0.306 e. The van der Waals surface area contributed by atoms with E-state index in [4.69, 9.17) is 5.11 Å². The van der Waals surface area contributed by atoms with Gasteiger partial charge in [0.1, 0.15) is 0 Å². The van der Waals surface area contributed by atoms with Gasteiger partial charge in [0.05, 0.1) is 5.92 Å². The largest absolute Gasteiger partial charge is 0.481 e. The van der Waals surface area contributed by atoms with Crippen molar-refractivity contribution in [2.24, 2.45) is 5.92 Å². The fourth-order valence-corrected chi connectivity index (χ4v) is 2.54. The second kappa shape index (κ2) is 6.57. The van der Waals surface area contributed by atoms with Gasteiger partial charge in [0.2, 0.25) is 0 Å². The van der Waals surface area contributed by atoms with Gasteiger partial charge in [-0.1, -0.05) is 69.3 Å². The molecule has 2 rings (SSSR count). The molecule has 2 aromatic carbocycles. The number of carboxylic acid groups (broad SMARTS) is 1. The van der Waals surface area contributed by atoms with E-state index < -0.39 is 5.97 Å². The van der Waals surface area contributed by atoms with Crippen molar-refractivity contribution in [1.82, 2.24) is 0 Å². The summed E-state index contributed by atoms with van der Waals surface area (Å²) in [6.07, 6.45) is 0.563. The zero-order chi connectivity index (χ0) is 15.4. The van der Waals surface area contributed by atoms with E-state index in [1.54, 1.807) is 6.92 Å². The van der Waals surface area contributed by atoms with Gasteiger partial charge in [-0.15, -0.1) is 0 Å². The predicted octanol–water partition coefficient (Wildman–Crippen LogP) is 4.74. The maximum Gasteiger partial charge on any atom is 0.306 e. The highest BCUT2D eigenvalue weighted by Crippen LogP contribution is 2.30. The standard InChI is InChI=1S/C19H22O2/c1-13(2)17-10-9-15(11-14(3)19(20)21)12-18(17)16-7-5-4-6-8-16/h4-10,12-14H,11H2,1-3H3,(H,20,21). The first-order chi connectivity index (χ1) is 9.99. The molecule has 0 fully saturated rings. The molecule has 21 heavy (non-hydrogen) atoms. The molecule has 2 heteroatoms. The normalized spacial score (nSPS) is 12.4. The van der Waals surface area contributed by atoms with Gasteiger partial charge in [-0.25, -0.2) is 0 Å². The Bertz CT molecular complexity index is 615. The van der Waals surface area contributed by atoms with E-state index in [-0.39, 0.29) is 5.92 Å². The van der Waals surface area contributed by atoms with E-state index >= 15 is 0 Å². The van der Waals surface area contributed by atoms with Crippen molar-refractivity contribution in [3.8, 4) is 11.1 Å². The summed E-state index contributed by atoms with van der Waals surface area (Å²) in [5, 5.41) is 9.07. The van der Waals surface area contributed by atoms with Crippen LogP contribution in [0.4, 0.5) is 0 Å². The number of carboxylic acids is 1. The van der Waals surface area contributed by atoms with Crippen LogP contribution in [0.15, 0.2) is 48.5 Å². The second-order valence-electron chi connectivity index (χ2n) is 5.89. The first kappa shape index (κ1) is 15.3. The van der Waals surface area contributed by atoms with Crippen LogP contribution in [0.3, 0.4) is 0 Å². The van der Waals surface area contributed by atoms with Gasteiger partial charge in [0, 0.05) is 0 Å². The summed E-state index contributed by atoms with van der Waals surface area (Å²) in [5.41, 5.74) is 4.77. The molecule has 0 aliphatic rings. The summed E-state index contributed by atoms with van der Waals surface area (Å²) >= 11 is 0. The lowest BCUT2D eigenvalue weighted by Gasteiger charge is -2.16. The molecule has 1 unspecified atom stereocenters. The van der Waals surface area contributed by atoms with Gasteiger partial charge in [-0.05, 0) is 34.6 Å². The van der Waals surface area contributed by atoms with Crippen LogP contribution in [0.5, 0.6) is 0 Å². The Morgan fingerprint density at radius 2 is 1.71 bits per heavy atom. The van der Waals surface area contributed by atoms with E-state index in [1.165, 1.54) is 16.7 Å². The molecule has 0 saturated heterocycles. The Balaban J connectivity index is 2.42. The van der Waals surface area contributed by atoms with E-state index in [2.05, 4.69) is 44.2 Å². The highest BCUT2D eigenvalue weighted by Gasteiger charge is 2.14. The summed E-state index contributed by atoms with van der Waals surface area (Å²) < 4.78 is 0. The van der Waals surface area contributed by atoms with Crippen molar-refractivity contribution < 1.29 is 9.90 Å². The van der Waals surface area contributed by atoms with Gasteiger partial charge >= 0.3 is 5.97 Å². The number of aliphatic carboxylic acids is 1. The molecule has 0 saturated carbocycles. The SMILES string of the molecule is CC(Cc1ccc(C(C)C)c(-c2ccccc2)c1)C(=O)O. The quantitative estimate of drug-likeness (QED) is 0.860. The van der Waals surface area contributed by atoms with E-state index in [9.17, 15) is 4.79 Å². The Kier molecular flexibility index (Phi) is 4.79. The molecular weight excluding hydrogens is 260 g/mol. The maximum atomic E-state index is 11.0. The van der Waals surface area contributed by atoms with Gasteiger partial charge in [0.25, 0.3) is 0 Å². The molecule has 1 atom stereocenters. The van der Waals surface area contributed by atoms with Gasteiger partial charge in [-0.2, -0.15) is 0 Å². The van der Waals surface area contributed by atoms with Crippen LogP contribution in [-0.4, -0.2) is 11.1 Å². The molecule has 0 amide bonds. The molecule has 0 aliphatic heterocycles. The van der Waals surface area contributed by atoms with Gasteiger partial charge < -0.3 is 5.11 Å². The molecule has 0 aliphatic carbocycles. The van der Waals surface area contributed by atoms with Crippen LogP contribution < -0.4 is 0 Å². The van der Waals surface area contributed by atoms with Crippen LogP contribution in [0.1, 0.15) is 37.8 Å². The van der Waals surface area contributed by atoms with Crippen molar-refractivity contribution in [2.75, 3.05) is 0 Å². The van der Waals surface area contributed by atoms with Crippen molar-refractivity contribution in [3.05, 3.63) is 59.7 Å². The Morgan fingerprint density at radius 3 is 2.29 bits per heavy atom. The number of benzene rings is 2. The van der Waals surface area contributed by atoms with Crippen molar-refractivity contribution in [1.29, 1.82) is 0 Å². The van der Waals surface area contributed by atoms with Gasteiger partial charge in [-0.3, -0.25) is 4.79 Å². The number of rotatable bonds is 5. The molecule has 0 spiro atoms. The monoisotopic (exact) mass is 282 g/mol. The maximum absolute atomic E-state index is 11.0. The van der Waals surface area contributed by atoms with E-state index in [1.807, 2.05) is 18.2 Å². The highest BCUT2D eigenvalue weighted by atomic mass is 16.4. The Hall–Kier alpha value is -2.09. The molecule has 2 aromatic rings. The third kappa shape index (κ3) is 3.72. The fourth-order valence-electron chi connectivity index (χ4n) is 2.54. The summed E-state index contributed by atoms with van der Waals surface area (Å²) in [6, 6.07) is 16.6. The summed E-state index contributed by atoms with van der Waals surface area (Å²) in [7, 11) is 0. The van der Waals surface area contributed by atoms with Crippen molar-refractivity contribution >= 4 is 5.97 Å². The van der Waals surface area contributed by atoms with Crippen LogP contribution in [0, 0.1) is 5.92 Å². The fraction of sp³-hybridized carbons (Fsp3) is 0.316. The molecule has 0 heterocycles. The second-order valence-corrected chi connectivity index (χ2v) is 5.89.